The van der Waals surface area contributed by atoms with Gasteiger partial charge >= 0.3 is 0 Å². The lowest BCUT2D eigenvalue weighted by molar-refractivity contribution is 0.0822. The smallest absolute Gasteiger partial charge is 0.270 e. The number of methoxy groups -OCH3 is 1. The van der Waals surface area contributed by atoms with Crippen LogP contribution in [0.25, 0.3) is 5.65 Å². The predicted octanol–water partition coefficient (Wildman–Crippen LogP) is 2.90. The third-order valence-corrected chi connectivity index (χ3v) is 3.87. The number of nitrogens with one attached hydrogen (secondary N) is 1. The third kappa shape index (κ3) is 3.14. The van der Waals surface area contributed by atoms with E-state index in [1.54, 1.807) is 29.7 Å². The molecule has 0 aliphatic rings. The summed E-state index contributed by atoms with van der Waals surface area (Å²) in [6, 6.07) is 11.7. The van der Waals surface area contributed by atoms with E-state index < -0.39 is 6.10 Å². The number of halogens is 1. The number of fused-ring (bicyclic) bond motifs is 1. The Morgan fingerprint density at radius 1 is 1.33 bits per heavy atom. The summed E-state index contributed by atoms with van der Waals surface area (Å²) in [6.45, 7) is 2.03. The number of aryl methyl sites for hydroxylation is 1. The Bertz CT molecular complexity index is 876. The second-order valence-corrected chi connectivity index (χ2v) is 5.46. The Kier molecular flexibility index (Phi) is 4.57. The van der Waals surface area contributed by atoms with Crippen molar-refractivity contribution < 1.29 is 13.9 Å². The number of rotatable bonds is 5. The fourth-order valence-electron chi connectivity index (χ4n) is 2.70. The second kappa shape index (κ2) is 6.80. The van der Waals surface area contributed by atoms with E-state index in [0.717, 1.165) is 0 Å². The maximum absolute atomic E-state index is 13.4. The number of hydrogen-bond donors (Lipinski definition) is 1. The molecule has 0 radical (unpaired) electrons. The summed E-state index contributed by atoms with van der Waals surface area (Å²) in [7, 11) is 1.53. The van der Waals surface area contributed by atoms with E-state index in [1.807, 2.05) is 18.2 Å². The molecule has 124 valence electrons. The normalized spacial score (nSPS) is 12.3. The number of imidazole rings is 1. The minimum atomic E-state index is -0.427. The van der Waals surface area contributed by atoms with Crippen LogP contribution < -0.4 is 5.32 Å². The minimum absolute atomic E-state index is 0.234. The summed E-state index contributed by atoms with van der Waals surface area (Å²) in [5.41, 5.74) is 2.53. The van der Waals surface area contributed by atoms with Gasteiger partial charge in [-0.15, -0.1) is 0 Å². The third-order valence-electron chi connectivity index (χ3n) is 3.87. The summed E-state index contributed by atoms with van der Waals surface area (Å²) in [6.07, 6.45) is 1.37. The first kappa shape index (κ1) is 16.1. The lowest BCUT2D eigenvalue weighted by atomic mass is 10.1. The van der Waals surface area contributed by atoms with Crippen molar-refractivity contribution in [3.8, 4) is 0 Å². The largest absolute Gasteiger partial charge is 0.375 e. The topological polar surface area (TPSA) is 55.6 Å². The lowest BCUT2D eigenvalue weighted by Gasteiger charge is -2.16. The highest BCUT2D eigenvalue weighted by Gasteiger charge is 2.18. The molecule has 0 spiro atoms. The van der Waals surface area contributed by atoms with Gasteiger partial charge in [-0.25, -0.2) is 9.37 Å². The van der Waals surface area contributed by atoms with Crippen molar-refractivity contribution in [3.05, 3.63) is 71.4 Å². The van der Waals surface area contributed by atoms with Crippen molar-refractivity contribution >= 4 is 11.6 Å². The van der Waals surface area contributed by atoms with Gasteiger partial charge in [0.2, 0.25) is 0 Å². The van der Waals surface area contributed by atoms with Crippen LogP contribution in [0.2, 0.25) is 0 Å². The molecule has 24 heavy (non-hydrogen) atoms. The first-order chi connectivity index (χ1) is 11.6. The van der Waals surface area contributed by atoms with Gasteiger partial charge in [0.1, 0.15) is 17.2 Å². The van der Waals surface area contributed by atoms with Crippen LogP contribution in [0.5, 0.6) is 0 Å². The van der Waals surface area contributed by atoms with Gasteiger partial charge in [0.25, 0.3) is 5.91 Å². The zero-order valence-corrected chi connectivity index (χ0v) is 13.5. The summed E-state index contributed by atoms with van der Waals surface area (Å²) in [5.74, 6) is -0.580. The van der Waals surface area contributed by atoms with Crippen LogP contribution in [-0.2, 0) is 4.74 Å². The molecule has 6 heteroatoms. The number of benzene rings is 1. The lowest BCUT2D eigenvalue weighted by Crippen LogP contribution is -2.30. The first-order valence-electron chi connectivity index (χ1n) is 7.60. The average molecular weight is 327 g/mol. The van der Waals surface area contributed by atoms with Crippen LogP contribution in [0.15, 0.2) is 48.7 Å². The average Bonchev–Trinajstić information content (AvgIpc) is 2.91. The van der Waals surface area contributed by atoms with Crippen LogP contribution in [0, 0.1) is 12.7 Å². The van der Waals surface area contributed by atoms with Crippen LogP contribution in [0.4, 0.5) is 4.39 Å². The van der Waals surface area contributed by atoms with Gasteiger partial charge < -0.3 is 10.1 Å². The number of nitrogens with zero attached hydrogens (tertiary/aromatic N) is 2. The Balaban J connectivity index is 1.78. The van der Waals surface area contributed by atoms with Crippen molar-refractivity contribution in [3.63, 3.8) is 0 Å². The van der Waals surface area contributed by atoms with Crippen LogP contribution >= 0.6 is 0 Å². The Morgan fingerprint density at radius 3 is 2.92 bits per heavy atom. The van der Waals surface area contributed by atoms with Crippen molar-refractivity contribution in [2.75, 3.05) is 13.7 Å². The molecule has 1 amide bonds. The van der Waals surface area contributed by atoms with E-state index in [-0.39, 0.29) is 18.3 Å². The molecular formula is C18H18FN3O2. The Hall–Kier alpha value is -2.73. The van der Waals surface area contributed by atoms with Gasteiger partial charge in [0.15, 0.2) is 0 Å². The number of amides is 1. The molecule has 2 heterocycles. The van der Waals surface area contributed by atoms with E-state index >= 15 is 0 Å². The highest BCUT2D eigenvalue weighted by atomic mass is 19.1. The molecule has 2 aromatic heterocycles. The van der Waals surface area contributed by atoms with E-state index in [9.17, 15) is 9.18 Å². The minimum Gasteiger partial charge on any atom is -0.375 e. The fourth-order valence-corrected chi connectivity index (χ4v) is 2.70. The monoisotopic (exact) mass is 327 g/mol. The number of ether oxygens (including phenoxy) is 1. The standard InChI is InChI=1S/C18H18FN3O2/c1-12-17(22-9-4-3-8-16(22)21-12)18(23)20-11-15(24-2)13-6-5-7-14(19)10-13/h3-10,15H,11H2,1-2H3,(H,20,23). The molecule has 1 unspecified atom stereocenters. The van der Waals surface area contributed by atoms with Crippen LogP contribution in [-0.4, -0.2) is 28.9 Å². The second-order valence-electron chi connectivity index (χ2n) is 5.46. The molecule has 3 rings (SSSR count). The molecule has 0 saturated carbocycles. The molecule has 0 saturated heterocycles. The van der Waals surface area contributed by atoms with Gasteiger partial charge in [-0.2, -0.15) is 0 Å². The van der Waals surface area contributed by atoms with E-state index in [1.165, 1.54) is 19.2 Å². The van der Waals surface area contributed by atoms with Crippen molar-refractivity contribution in [1.29, 1.82) is 0 Å². The quantitative estimate of drug-likeness (QED) is 0.784. The number of aromatic nitrogens is 2. The van der Waals surface area contributed by atoms with E-state index in [4.69, 9.17) is 4.74 Å². The highest BCUT2D eigenvalue weighted by Crippen LogP contribution is 2.17. The van der Waals surface area contributed by atoms with Gasteiger partial charge in [-0.05, 0) is 36.8 Å². The molecule has 0 aliphatic heterocycles. The summed E-state index contributed by atoms with van der Waals surface area (Å²) in [5, 5.41) is 2.84. The number of carbonyl (C=O) groups is 1. The Labute approximate surface area is 139 Å². The Morgan fingerprint density at radius 2 is 2.17 bits per heavy atom. The number of carbonyl (C=O) groups excluding carboxylic acids is 1. The molecular weight excluding hydrogens is 309 g/mol. The van der Waals surface area contributed by atoms with E-state index in [0.29, 0.717) is 22.6 Å². The van der Waals surface area contributed by atoms with Crippen molar-refractivity contribution in [1.82, 2.24) is 14.7 Å². The molecule has 1 atom stereocenters. The van der Waals surface area contributed by atoms with Gasteiger partial charge in [-0.3, -0.25) is 9.20 Å². The van der Waals surface area contributed by atoms with E-state index in [2.05, 4.69) is 10.3 Å². The van der Waals surface area contributed by atoms with Crippen LogP contribution in [0.3, 0.4) is 0 Å². The maximum Gasteiger partial charge on any atom is 0.270 e. The molecule has 0 aliphatic carbocycles. The zero-order valence-electron chi connectivity index (χ0n) is 13.5. The van der Waals surface area contributed by atoms with Crippen LogP contribution in [0.1, 0.15) is 27.8 Å². The molecule has 0 bridgehead atoms. The fraction of sp³-hybridized carbons (Fsp3) is 0.222. The highest BCUT2D eigenvalue weighted by molar-refractivity contribution is 5.94. The molecule has 1 aromatic carbocycles. The van der Waals surface area contributed by atoms with Gasteiger partial charge in [0.05, 0.1) is 11.8 Å². The number of pyridine rings is 1. The first-order valence-corrected chi connectivity index (χ1v) is 7.60. The van der Waals surface area contributed by atoms with Crippen molar-refractivity contribution in [2.45, 2.75) is 13.0 Å². The zero-order chi connectivity index (χ0) is 17.1. The van der Waals surface area contributed by atoms with Crippen molar-refractivity contribution in [2.24, 2.45) is 0 Å². The molecule has 5 nitrogen and oxygen atoms in total. The molecule has 0 fully saturated rings. The molecule has 3 aromatic rings. The SMILES string of the molecule is COC(CNC(=O)c1c(C)nc2ccccn12)c1cccc(F)c1. The predicted molar refractivity (Wildman–Crippen MR) is 88.4 cm³/mol. The molecule has 1 N–H and O–H groups in total. The number of hydrogen-bond acceptors (Lipinski definition) is 3. The summed E-state index contributed by atoms with van der Waals surface area (Å²) in [4.78, 5) is 16.9. The summed E-state index contributed by atoms with van der Waals surface area (Å²) >= 11 is 0. The summed E-state index contributed by atoms with van der Waals surface area (Å²) < 4.78 is 20.5. The van der Waals surface area contributed by atoms with Gasteiger partial charge in [0, 0.05) is 19.9 Å². The van der Waals surface area contributed by atoms with Gasteiger partial charge in [-0.1, -0.05) is 18.2 Å². The maximum atomic E-state index is 13.4.